The molecule has 0 unspecified atom stereocenters. The summed E-state index contributed by atoms with van der Waals surface area (Å²) in [5.74, 6) is 0. The summed E-state index contributed by atoms with van der Waals surface area (Å²) in [7, 11) is 0. The fourth-order valence-corrected chi connectivity index (χ4v) is 9.60. The number of para-hydroxylation sites is 1. The van der Waals surface area contributed by atoms with Crippen LogP contribution >= 0.6 is 0 Å². The first-order valence-electron chi connectivity index (χ1n) is 22.8. The second-order valence-electron chi connectivity index (χ2n) is 16.9. The van der Waals surface area contributed by atoms with Crippen molar-refractivity contribution in [3.8, 4) is 44.5 Å². The van der Waals surface area contributed by atoms with Crippen molar-refractivity contribution < 1.29 is 4.42 Å². The van der Waals surface area contributed by atoms with Crippen LogP contribution in [0.15, 0.2) is 271 Å². The lowest BCUT2D eigenvalue weighted by Gasteiger charge is -2.35. The number of nitrogens with zero attached hydrogens (tertiary/aromatic N) is 2. The Morgan fingerprint density at radius 1 is 0.269 bits per heavy atom. The molecule has 1 heterocycles. The second-order valence-corrected chi connectivity index (χ2v) is 16.9. The highest BCUT2D eigenvalue weighted by atomic mass is 16.3. The highest BCUT2D eigenvalue weighted by Crippen LogP contribution is 2.53. The minimum Gasteiger partial charge on any atom is -0.456 e. The molecule has 0 fully saturated rings. The molecular formula is C64H44N2O. The number of fused-ring (bicyclic) bond motifs is 4. The zero-order chi connectivity index (χ0) is 44.5. The van der Waals surface area contributed by atoms with Gasteiger partial charge in [0, 0.05) is 28.0 Å². The molecule has 0 bridgehead atoms. The molecule has 0 aliphatic heterocycles. The molecule has 0 aliphatic rings. The lowest BCUT2D eigenvalue weighted by molar-refractivity contribution is 0.669. The van der Waals surface area contributed by atoms with E-state index >= 15 is 0 Å². The number of benzene rings is 11. The third kappa shape index (κ3) is 7.49. The first-order chi connectivity index (χ1) is 33.2. The molecule has 67 heavy (non-hydrogen) atoms. The van der Waals surface area contributed by atoms with Crippen molar-refractivity contribution in [1.29, 1.82) is 0 Å². The zero-order valence-electron chi connectivity index (χ0n) is 36.7. The van der Waals surface area contributed by atoms with Crippen LogP contribution in [0.25, 0.3) is 77.2 Å². The third-order valence-electron chi connectivity index (χ3n) is 12.8. The lowest BCUT2D eigenvalue weighted by atomic mass is 9.98. The number of anilines is 6. The first kappa shape index (κ1) is 39.7. The molecule has 3 heteroatoms. The van der Waals surface area contributed by atoms with Crippen LogP contribution < -0.4 is 9.80 Å². The molecule has 0 radical (unpaired) electrons. The van der Waals surface area contributed by atoms with E-state index in [0.29, 0.717) is 0 Å². The van der Waals surface area contributed by atoms with Crippen LogP contribution in [0.4, 0.5) is 34.1 Å². The fourth-order valence-electron chi connectivity index (χ4n) is 9.60. The maximum atomic E-state index is 6.95. The summed E-state index contributed by atoms with van der Waals surface area (Å²) < 4.78 is 6.95. The molecule has 11 aromatic carbocycles. The fraction of sp³-hybridized carbons (Fsp3) is 0. The van der Waals surface area contributed by atoms with E-state index in [-0.39, 0.29) is 0 Å². The van der Waals surface area contributed by atoms with E-state index in [1.165, 1.54) is 11.1 Å². The van der Waals surface area contributed by atoms with E-state index in [9.17, 15) is 0 Å². The molecule has 0 aliphatic carbocycles. The highest BCUT2D eigenvalue weighted by Gasteiger charge is 2.29. The number of furan rings is 1. The number of hydrogen-bond acceptors (Lipinski definition) is 3. The van der Waals surface area contributed by atoms with Gasteiger partial charge in [0.1, 0.15) is 11.2 Å². The molecule has 0 saturated carbocycles. The van der Waals surface area contributed by atoms with Gasteiger partial charge in [-0.3, -0.25) is 0 Å². The Hall–Kier alpha value is -8.92. The van der Waals surface area contributed by atoms with Crippen molar-refractivity contribution in [3.05, 3.63) is 267 Å². The van der Waals surface area contributed by atoms with Gasteiger partial charge in [0.2, 0.25) is 0 Å². The number of hydrogen-bond donors (Lipinski definition) is 0. The van der Waals surface area contributed by atoms with Gasteiger partial charge in [-0.2, -0.15) is 0 Å². The summed E-state index contributed by atoms with van der Waals surface area (Å²) in [5, 5.41) is 4.36. The summed E-state index contributed by atoms with van der Waals surface area (Å²) >= 11 is 0. The molecule has 0 saturated heterocycles. The molecule has 12 rings (SSSR count). The Bertz CT molecular complexity index is 3660. The van der Waals surface area contributed by atoms with Crippen molar-refractivity contribution in [3.63, 3.8) is 0 Å². The van der Waals surface area contributed by atoms with Gasteiger partial charge in [0.15, 0.2) is 0 Å². The van der Waals surface area contributed by atoms with Crippen molar-refractivity contribution in [2.24, 2.45) is 0 Å². The van der Waals surface area contributed by atoms with Crippen LogP contribution in [-0.2, 0) is 0 Å². The van der Waals surface area contributed by atoms with E-state index in [4.69, 9.17) is 4.42 Å². The van der Waals surface area contributed by atoms with Crippen LogP contribution in [-0.4, -0.2) is 0 Å². The minimum absolute atomic E-state index is 0.810. The maximum absolute atomic E-state index is 6.95. The summed E-state index contributed by atoms with van der Waals surface area (Å²) in [6.07, 6.45) is 0. The van der Waals surface area contributed by atoms with Gasteiger partial charge in [-0.25, -0.2) is 0 Å². The van der Waals surface area contributed by atoms with Gasteiger partial charge in [0.25, 0.3) is 0 Å². The predicted molar refractivity (Wildman–Crippen MR) is 282 cm³/mol. The Balaban J connectivity index is 1.19. The Kier molecular flexibility index (Phi) is 10.2. The van der Waals surface area contributed by atoms with E-state index in [2.05, 4.69) is 277 Å². The van der Waals surface area contributed by atoms with Crippen LogP contribution in [0, 0.1) is 0 Å². The van der Waals surface area contributed by atoms with Gasteiger partial charge < -0.3 is 14.2 Å². The van der Waals surface area contributed by atoms with Gasteiger partial charge >= 0.3 is 0 Å². The Morgan fingerprint density at radius 2 is 0.746 bits per heavy atom. The van der Waals surface area contributed by atoms with Crippen molar-refractivity contribution >= 4 is 66.8 Å². The van der Waals surface area contributed by atoms with Crippen molar-refractivity contribution in [2.75, 3.05) is 9.80 Å². The first-order valence-corrected chi connectivity index (χ1v) is 22.8. The molecule has 316 valence electrons. The van der Waals surface area contributed by atoms with Crippen LogP contribution in [0.3, 0.4) is 0 Å². The molecule has 1 aromatic heterocycles. The summed E-state index contributed by atoms with van der Waals surface area (Å²) in [6.45, 7) is 0. The lowest BCUT2D eigenvalue weighted by Crippen LogP contribution is -2.18. The topological polar surface area (TPSA) is 19.6 Å². The highest BCUT2D eigenvalue weighted by molar-refractivity contribution is 6.20. The summed E-state index contributed by atoms with van der Waals surface area (Å²) in [6, 6.07) is 95.7. The average Bonchev–Trinajstić information content (AvgIpc) is 3.77. The molecule has 0 amide bonds. The normalized spacial score (nSPS) is 11.3. The van der Waals surface area contributed by atoms with Crippen molar-refractivity contribution in [2.45, 2.75) is 0 Å². The smallest absolute Gasteiger partial charge is 0.137 e. The standard InChI is InChI=1S/C64H44N2O/c1-5-18-45(19-6-1)48-32-36-54(37-33-48)65(56-29-17-28-51(42-56)47-22-9-3-10-23-47)64-60(40-41-61-63(64)58-43-52-26-13-14-27-53(52)44-62(58)67-61)66(55-38-34-49(35-39-55)46-20-7-2-8-21-46)59-31-16-15-30-57(59)50-24-11-4-12-25-50/h1-44H. The van der Waals surface area contributed by atoms with Gasteiger partial charge in [0.05, 0.1) is 22.4 Å². The van der Waals surface area contributed by atoms with Gasteiger partial charge in [-0.1, -0.05) is 200 Å². The van der Waals surface area contributed by atoms with Crippen LogP contribution in [0.1, 0.15) is 0 Å². The van der Waals surface area contributed by atoms with E-state index in [0.717, 1.165) is 100 Å². The monoisotopic (exact) mass is 856 g/mol. The molecular weight excluding hydrogens is 813 g/mol. The van der Waals surface area contributed by atoms with Gasteiger partial charge in [-0.05, 0) is 116 Å². The van der Waals surface area contributed by atoms with Crippen LogP contribution in [0.5, 0.6) is 0 Å². The summed E-state index contributed by atoms with van der Waals surface area (Å²) in [5.41, 5.74) is 17.0. The predicted octanol–water partition coefficient (Wildman–Crippen LogP) is 18.3. The summed E-state index contributed by atoms with van der Waals surface area (Å²) in [4.78, 5) is 4.89. The quantitative estimate of drug-likeness (QED) is 0.137. The second kappa shape index (κ2) is 17.2. The van der Waals surface area contributed by atoms with Gasteiger partial charge in [-0.15, -0.1) is 0 Å². The number of rotatable bonds is 10. The zero-order valence-corrected chi connectivity index (χ0v) is 36.7. The molecule has 0 N–H and O–H groups in total. The average molecular weight is 857 g/mol. The molecule has 3 nitrogen and oxygen atoms in total. The maximum Gasteiger partial charge on any atom is 0.137 e. The SMILES string of the molecule is c1ccc(-c2ccc(N(c3ccccc3-c3ccccc3)c3ccc4oc5cc6ccccc6cc5c4c3N(c3ccc(-c4ccccc4)cc3)c3cccc(-c4ccccc4)c3)cc2)cc1. The van der Waals surface area contributed by atoms with Crippen LogP contribution in [0.2, 0.25) is 0 Å². The molecule has 0 spiro atoms. The largest absolute Gasteiger partial charge is 0.456 e. The Morgan fingerprint density at radius 3 is 1.36 bits per heavy atom. The third-order valence-corrected chi connectivity index (χ3v) is 12.8. The van der Waals surface area contributed by atoms with E-state index in [1.54, 1.807) is 0 Å². The molecule has 0 atom stereocenters. The molecule has 12 aromatic rings. The van der Waals surface area contributed by atoms with Crippen molar-refractivity contribution in [1.82, 2.24) is 0 Å². The minimum atomic E-state index is 0.810. The van der Waals surface area contributed by atoms with E-state index < -0.39 is 0 Å². The van der Waals surface area contributed by atoms with E-state index in [1.807, 2.05) is 0 Å². The Labute approximate surface area is 390 Å².